The molecule has 0 saturated carbocycles. The molecule has 1 N–H and O–H groups in total. The summed E-state index contributed by atoms with van der Waals surface area (Å²) in [6, 6.07) is 4.12. The van der Waals surface area contributed by atoms with Gasteiger partial charge in [-0.05, 0) is 39.3 Å². The minimum Gasteiger partial charge on any atom is -0.382 e. The maximum Gasteiger partial charge on any atom is 0.241 e. The highest BCUT2D eigenvalue weighted by Crippen LogP contribution is 2.30. The predicted molar refractivity (Wildman–Crippen MR) is 77.2 cm³/mol. The van der Waals surface area contributed by atoms with Crippen LogP contribution in [0.5, 0.6) is 0 Å². The zero-order valence-electron chi connectivity index (χ0n) is 11.8. The molecule has 2 heterocycles. The van der Waals surface area contributed by atoms with E-state index in [9.17, 15) is 4.79 Å². The summed E-state index contributed by atoms with van der Waals surface area (Å²) in [5.74, 6) is 0.188. The van der Waals surface area contributed by atoms with E-state index in [0.29, 0.717) is 6.61 Å². The van der Waals surface area contributed by atoms with Gasteiger partial charge in [-0.15, -0.1) is 11.3 Å². The van der Waals surface area contributed by atoms with Crippen LogP contribution in [-0.2, 0) is 9.53 Å². The Hall–Kier alpha value is -0.910. The second-order valence-electron chi connectivity index (χ2n) is 4.82. The zero-order valence-corrected chi connectivity index (χ0v) is 12.6. The van der Waals surface area contributed by atoms with E-state index >= 15 is 0 Å². The van der Waals surface area contributed by atoms with Gasteiger partial charge in [0, 0.05) is 29.5 Å². The van der Waals surface area contributed by atoms with Crippen molar-refractivity contribution in [1.29, 1.82) is 0 Å². The lowest BCUT2D eigenvalue weighted by Gasteiger charge is -2.23. The average molecular weight is 282 g/mol. The number of thiophene rings is 1. The highest BCUT2D eigenvalue weighted by Gasteiger charge is 2.37. The van der Waals surface area contributed by atoms with E-state index in [0.717, 1.165) is 19.6 Å². The van der Waals surface area contributed by atoms with E-state index < -0.39 is 0 Å². The molecule has 2 rings (SSSR count). The molecule has 0 aliphatic carbocycles. The van der Waals surface area contributed by atoms with Crippen molar-refractivity contribution >= 4 is 17.2 Å². The maximum atomic E-state index is 12.2. The van der Waals surface area contributed by atoms with Crippen molar-refractivity contribution in [2.45, 2.75) is 39.4 Å². The van der Waals surface area contributed by atoms with Crippen LogP contribution in [0.2, 0.25) is 0 Å². The summed E-state index contributed by atoms with van der Waals surface area (Å²) in [6.45, 7) is 8.20. The van der Waals surface area contributed by atoms with Crippen molar-refractivity contribution in [3.05, 3.63) is 21.9 Å². The summed E-state index contributed by atoms with van der Waals surface area (Å²) in [5, 5.41) is 3.37. The van der Waals surface area contributed by atoms with Crippen LogP contribution in [0.1, 0.15) is 36.2 Å². The van der Waals surface area contributed by atoms with E-state index in [1.807, 2.05) is 18.7 Å². The van der Waals surface area contributed by atoms with Crippen molar-refractivity contribution in [2.75, 3.05) is 19.8 Å². The smallest absolute Gasteiger partial charge is 0.241 e. The van der Waals surface area contributed by atoms with Gasteiger partial charge in [0.1, 0.15) is 6.17 Å². The first-order valence-corrected chi connectivity index (χ1v) is 7.65. The van der Waals surface area contributed by atoms with Crippen LogP contribution in [-0.4, -0.2) is 36.6 Å². The highest BCUT2D eigenvalue weighted by molar-refractivity contribution is 7.12. The lowest BCUT2D eigenvalue weighted by Crippen LogP contribution is -2.31. The molecule has 1 aromatic rings. The molecular weight excluding hydrogens is 260 g/mol. The molecule has 1 saturated heterocycles. The Morgan fingerprint density at radius 3 is 2.89 bits per heavy atom. The molecule has 1 aliphatic heterocycles. The predicted octanol–water partition coefficient (Wildman–Crippen LogP) is 2.30. The number of hydrogen-bond acceptors (Lipinski definition) is 4. The molecule has 0 radical (unpaired) electrons. The summed E-state index contributed by atoms with van der Waals surface area (Å²) >= 11 is 1.75. The lowest BCUT2D eigenvalue weighted by atomic mass is 10.3. The van der Waals surface area contributed by atoms with Gasteiger partial charge in [0.25, 0.3) is 0 Å². The molecule has 0 spiro atoms. The molecule has 2 unspecified atom stereocenters. The molecule has 1 aliphatic rings. The molecule has 1 amide bonds. The first-order valence-electron chi connectivity index (χ1n) is 6.84. The maximum absolute atomic E-state index is 12.2. The fourth-order valence-corrected chi connectivity index (χ4v) is 3.28. The second kappa shape index (κ2) is 6.50. The number of aryl methyl sites for hydroxylation is 1. The van der Waals surface area contributed by atoms with Crippen LogP contribution >= 0.6 is 11.3 Å². The van der Waals surface area contributed by atoms with Gasteiger partial charge < -0.3 is 9.64 Å². The number of nitrogens with one attached hydrogen (secondary N) is 1. The van der Waals surface area contributed by atoms with Gasteiger partial charge in [0.15, 0.2) is 0 Å². The molecule has 19 heavy (non-hydrogen) atoms. The van der Waals surface area contributed by atoms with Gasteiger partial charge in [-0.3, -0.25) is 10.1 Å². The number of rotatable bonds is 6. The largest absolute Gasteiger partial charge is 0.382 e. The third-order valence-electron chi connectivity index (χ3n) is 3.30. The number of amides is 1. The second-order valence-corrected chi connectivity index (χ2v) is 6.14. The molecule has 0 aromatic carbocycles. The van der Waals surface area contributed by atoms with Gasteiger partial charge in [-0.1, -0.05) is 0 Å². The van der Waals surface area contributed by atoms with Gasteiger partial charge in [-0.2, -0.15) is 0 Å². The Morgan fingerprint density at radius 2 is 2.26 bits per heavy atom. The van der Waals surface area contributed by atoms with Crippen molar-refractivity contribution < 1.29 is 9.53 Å². The normalized spacial score (nSPS) is 23.3. The van der Waals surface area contributed by atoms with Crippen LogP contribution in [0.4, 0.5) is 0 Å². The van der Waals surface area contributed by atoms with E-state index in [1.54, 1.807) is 11.3 Å². The lowest BCUT2D eigenvalue weighted by molar-refractivity contribution is -0.130. The molecule has 1 fully saturated rings. The molecule has 1 aromatic heterocycles. The SMILES string of the molecule is CCOCCCN1C(=O)C(C)NC1c1ccc(C)s1. The van der Waals surface area contributed by atoms with Crippen LogP contribution in [0, 0.1) is 6.92 Å². The fourth-order valence-electron chi connectivity index (χ4n) is 2.33. The van der Waals surface area contributed by atoms with Crippen LogP contribution < -0.4 is 5.32 Å². The number of ether oxygens (including phenoxy) is 1. The van der Waals surface area contributed by atoms with Crippen LogP contribution in [0.15, 0.2) is 12.1 Å². The number of carbonyl (C=O) groups excluding carboxylic acids is 1. The molecule has 5 heteroatoms. The third kappa shape index (κ3) is 3.35. The van der Waals surface area contributed by atoms with Crippen molar-refractivity contribution in [3.8, 4) is 0 Å². The van der Waals surface area contributed by atoms with Crippen molar-refractivity contribution in [1.82, 2.24) is 10.2 Å². The summed E-state index contributed by atoms with van der Waals surface area (Å²) in [7, 11) is 0. The summed E-state index contributed by atoms with van der Waals surface area (Å²) in [4.78, 5) is 16.6. The minimum atomic E-state index is -0.0977. The molecule has 0 bridgehead atoms. The Bertz CT molecular complexity index is 433. The van der Waals surface area contributed by atoms with Crippen LogP contribution in [0.25, 0.3) is 0 Å². The number of carbonyl (C=O) groups is 1. The first-order chi connectivity index (χ1) is 9.13. The monoisotopic (exact) mass is 282 g/mol. The molecular formula is C14H22N2O2S. The van der Waals surface area contributed by atoms with Gasteiger partial charge >= 0.3 is 0 Å². The van der Waals surface area contributed by atoms with E-state index in [1.165, 1.54) is 9.75 Å². The first kappa shape index (κ1) is 14.5. The van der Waals surface area contributed by atoms with Gasteiger partial charge in [0.05, 0.1) is 6.04 Å². The quantitative estimate of drug-likeness (QED) is 0.814. The zero-order chi connectivity index (χ0) is 13.8. The Morgan fingerprint density at radius 1 is 1.47 bits per heavy atom. The summed E-state index contributed by atoms with van der Waals surface area (Å²) < 4.78 is 5.34. The molecule has 4 nitrogen and oxygen atoms in total. The van der Waals surface area contributed by atoms with Crippen molar-refractivity contribution in [2.24, 2.45) is 0 Å². The Balaban J connectivity index is 2.01. The van der Waals surface area contributed by atoms with Crippen LogP contribution in [0.3, 0.4) is 0 Å². The molecule has 2 atom stereocenters. The number of nitrogens with zero attached hydrogens (tertiary/aromatic N) is 1. The average Bonchev–Trinajstić information content (AvgIpc) is 2.92. The Kier molecular flexibility index (Phi) is 4.96. The van der Waals surface area contributed by atoms with Gasteiger partial charge in [-0.25, -0.2) is 0 Å². The van der Waals surface area contributed by atoms with Crippen molar-refractivity contribution in [3.63, 3.8) is 0 Å². The summed E-state index contributed by atoms with van der Waals surface area (Å²) in [5.41, 5.74) is 0. The minimum absolute atomic E-state index is 0.0304. The Labute approximate surface area is 118 Å². The van der Waals surface area contributed by atoms with Gasteiger partial charge in [0.2, 0.25) is 5.91 Å². The highest BCUT2D eigenvalue weighted by atomic mass is 32.1. The van der Waals surface area contributed by atoms with E-state index in [4.69, 9.17) is 4.74 Å². The topological polar surface area (TPSA) is 41.6 Å². The fraction of sp³-hybridized carbons (Fsp3) is 0.643. The van der Waals surface area contributed by atoms with E-state index in [2.05, 4.69) is 24.4 Å². The molecule has 106 valence electrons. The standard InChI is InChI=1S/C14H22N2O2S/c1-4-18-9-5-8-16-13(15-11(3)14(16)17)12-7-6-10(2)19-12/h6-7,11,13,15H,4-5,8-9H2,1-3H3. The van der Waals surface area contributed by atoms with E-state index in [-0.39, 0.29) is 18.1 Å². The summed E-state index contributed by atoms with van der Waals surface area (Å²) in [6.07, 6.45) is 0.914. The number of hydrogen-bond donors (Lipinski definition) is 1. The third-order valence-corrected chi connectivity index (χ3v) is 4.35.